The van der Waals surface area contributed by atoms with Crippen molar-refractivity contribution >= 4 is 45.0 Å². The van der Waals surface area contributed by atoms with Crippen molar-refractivity contribution in [1.29, 1.82) is 0 Å². The molecule has 5 heteroatoms. The molecule has 2 rings (SSSR count). The molecule has 1 aromatic carbocycles. The average molecular weight is 321 g/mol. The Morgan fingerprint density at radius 1 is 1.38 bits per heavy atom. The second-order valence-electron chi connectivity index (χ2n) is 3.36. The van der Waals surface area contributed by atoms with Crippen molar-refractivity contribution in [3.05, 3.63) is 44.9 Å². The smallest absolute Gasteiger partial charge is 0.217 e. The number of hydrogen-bond acceptors (Lipinski definition) is 2. The summed E-state index contributed by atoms with van der Waals surface area (Å²) in [4.78, 5) is 4.28. The normalized spacial score (nSPS) is 19.2. The maximum atomic E-state index is 5.91. The number of hydrogen-bond donors (Lipinski definition) is 0. The lowest BCUT2D eigenvalue weighted by Gasteiger charge is -2.09. The van der Waals surface area contributed by atoms with Crippen molar-refractivity contribution in [2.24, 2.45) is 4.99 Å². The minimum atomic E-state index is -0.118. The van der Waals surface area contributed by atoms with Crippen molar-refractivity contribution in [1.82, 2.24) is 0 Å². The summed E-state index contributed by atoms with van der Waals surface area (Å²) >= 11 is 15.1. The Balaban J connectivity index is 2.23. The number of halogens is 3. The third-order valence-electron chi connectivity index (χ3n) is 2.11. The maximum absolute atomic E-state index is 5.91. The van der Waals surface area contributed by atoms with Gasteiger partial charge in [-0.15, -0.1) is 0 Å². The van der Waals surface area contributed by atoms with E-state index in [4.69, 9.17) is 27.9 Å². The molecule has 84 valence electrons. The van der Waals surface area contributed by atoms with Crippen molar-refractivity contribution in [3.8, 4) is 0 Å². The number of ether oxygens (including phenoxy) is 1. The highest BCUT2D eigenvalue weighted by Gasteiger charge is 2.22. The summed E-state index contributed by atoms with van der Waals surface area (Å²) in [5, 5.41) is 1.13. The van der Waals surface area contributed by atoms with Gasteiger partial charge in [0.15, 0.2) is 6.10 Å². The SMILES string of the molecule is C=C(Br)[C@H]1CN=C(c2cc(Cl)cc(Cl)c2)O1. The first-order valence-corrected chi connectivity index (χ1v) is 6.13. The molecule has 16 heavy (non-hydrogen) atoms. The molecule has 0 amide bonds. The van der Waals surface area contributed by atoms with Gasteiger partial charge in [0.1, 0.15) is 0 Å². The lowest BCUT2D eigenvalue weighted by Crippen LogP contribution is -2.12. The molecule has 0 radical (unpaired) electrons. The molecule has 1 heterocycles. The Morgan fingerprint density at radius 3 is 2.50 bits per heavy atom. The van der Waals surface area contributed by atoms with Crippen molar-refractivity contribution < 1.29 is 4.74 Å². The molecule has 0 saturated heterocycles. The highest BCUT2D eigenvalue weighted by molar-refractivity contribution is 9.11. The molecule has 1 aromatic rings. The minimum absolute atomic E-state index is 0.118. The van der Waals surface area contributed by atoms with E-state index in [9.17, 15) is 0 Å². The summed E-state index contributed by atoms with van der Waals surface area (Å²) in [5.41, 5.74) is 0.786. The van der Waals surface area contributed by atoms with Crippen LogP contribution in [0.15, 0.2) is 34.3 Å². The van der Waals surface area contributed by atoms with Crippen LogP contribution >= 0.6 is 39.1 Å². The molecule has 0 fully saturated rings. The molecule has 0 bridgehead atoms. The van der Waals surface area contributed by atoms with Gasteiger partial charge in [0.2, 0.25) is 5.90 Å². The van der Waals surface area contributed by atoms with Gasteiger partial charge in [0.25, 0.3) is 0 Å². The Kier molecular flexibility index (Phi) is 3.57. The lowest BCUT2D eigenvalue weighted by atomic mass is 10.2. The zero-order valence-corrected chi connectivity index (χ0v) is 11.3. The van der Waals surface area contributed by atoms with Crippen LogP contribution in [0.5, 0.6) is 0 Å². The summed E-state index contributed by atoms with van der Waals surface area (Å²) in [6.45, 7) is 4.33. The van der Waals surface area contributed by atoms with Gasteiger partial charge in [0, 0.05) is 20.1 Å². The van der Waals surface area contributed by atoms with Crippen LogP contribution in [0.25, 0.3) is 0 Å². The molecular weight excluding hydrogens is 313 g/mol. The fourth-order valence-corrected chi connectivity index (χ4v) is 2.14. The first kappa shape index (κ1) is 12.0. The lowest BCUT2D eigenvalue weighted by molar-refractivity contribution is 0.272. The van der Waals surface area contributed by atoms with Crippen LogP contribution in [0.1, 0.15) is 5.56 Å². The fourth-order valence-electron chi connectivity index (χ4n) is 1.37. The van der Waals surface area contributed by atoms with Crippen LogP contribution in [-0.4, -0.2) is 18.5 Å². The van der Waals surface area contributed by atoms with E-state index in [0.29, 0.717) is 22.5 Å². The molecule has 0 saturated carbocycles. The summed E-state index contributed by atoms with van der Waals surface area (Å²) in [5.74, 6) is 0.551. The van der Waals surface area contributed by atoms with E-state index in [1.807, 2.05) is 0 Å². The van der Waals surface area contributed by atoms with Crippen LogP contribution in [-0.2, 0) is 4.74 Å². The second kappa shape index (κ2) is 4.78. The second-order valence-corrected chi connectivity index (χ2v) is 5.25. The van der Waals surface area contributed by atoms with E-state index in [0.717, 1.165) is 10.0 Å². The molecular formula is C11H8BrCl2NO. The summed E-state index contributed by atoms with van der Waals surface area (Å²) in [6, 6.07) is 5.21. The Bertz CT molecular complexity index is 453. The zero-order chi connectivity index (χ0) is 11.7. The number of rotatable bonds is 2. The number of nitrogens with zero attached hydrogens (tertiary/aromatic N) is 1. The quantitative estimate of drug-likeness (QED) is 0.805. The van der Waals surface area contributed by atoms with E-state index in [1.54, 1.807) is 18.2 Å². The number of benzene rings is 1. The highest BCUT2D eigenvalue weighted by Crippen LogP contribution is 2.24. The molecule has 0 N–H and O–H groups in total. The van der Waals surface area contributed by atoms with Crippen LogP contribution in [0, 0.1) is 0 Å². The maximum Gasteiger partial charge on any atom is 0.217 e. The van der Waals surface area contributed by atoms with Gasteiger partial charge >= 0.3 is 0 Å². The first-order chi connectivity index (χ1) is 7.56. The molecule has 0 aromatic heterocycles. The van der Waals surface area contributed by atoms with Gasteiger partial charge in [-0.05, 0) is 18.2 Å². The van der Waals surface area contributed by atoms with E-state index in [-0.39, 0.29) is 6.10 Å². The minimum Gasteiger partial charge on any atom is -0.467 e. The van der Waals surface area contributed by atoms with E-state index in [1.165, 1.54) is 0 Å². The molecule has 0 aliphatic carbocycles. The van der Waals surface area contributed by atoms with Crippen molar-refractivity contribution in [3.63, 3.8) is 0 Å². The zero-order valence-electron chi connectivity index (χ0n) is 8.21. The molecule has 1 atom stereocenters. The molecule has 2 nitrogen and oxygen atoms in total. The standard InChI is InChI=1S/C11H8BrCl2NO/c1-6(12)10-5-15-11(16-10)7-2-8(13)4-9(14)3-7/h2-4,10H,1,5H2/t10-/m1/s1. The van der Waals surface area contributed by atoms with Crippen molar-refractivity contribution in [2.45, 2.75) is 6.10 Å². The highest BCUT2D eigenvalue weighted by atomic mass is 79.9. The third-order valence-corrected chi connectivity index (χ3v) is 3.06. The first-order valence-electron chi connectivity index (χ1n) is 4.58. The Morgan fingerprint density at radius 2 is 2.00 bits per heavy atom. The van der Waals surface area contributed by atoms with Crippen molar-refractivity contribution in [2.75, 3.05) is 6.54 Å². The Hall–Kier alpha value is -0.510. The summed E-state index contributed by atoms with van der Waals surface area (Å²) < 4.78 is 6.38. The van der Waals surface area contributed by atoms with Gasteiger partial charge < -0.3 is 4.74 Å². The van der Waals surface area contributed by atoms with Crippen LogP contribution < -0.4 is 0 Å². The summed E-state index contributed by atoms with van der Waals surface area (Å²) in [7, 11) is 0. The largest absolute Gasteiger partial charge is 0.467 e. The summed E-state index contributed by atoms with van der Waals surface area (Å²) in [6.07, 6.45) is -0.118. The number of aliphatic imine (C=N–C) groups is 1. The van der Waals surface area contributed by atoms with Gasteiger partial charge in [-0.3, -0.25) is 0 Å². The molecule has 0 spiro atoms. The van der Waals surface area contributed by atoms with Crippen LogP contribution in [0.4, 0.5) is 0 Å². The van der Waals surface area contributed by atoms with Crippen LogP contribution in [0.2, 0.25) is 10.0 Å². The molecule has 0 unspecified atom stereocenters. The van der Waals surface area contributed by atoms with E-state index >= 15 is 0 Å². The van der Waals surface area contributed by atoms with Crippen LogP contribution in [0.3, 0.4) is 0 Å². The van der Waals surface area contributed by atoms with Gasteiger partial charge in [0.05, 0.1) is 6.54 Å². The predicted octanol–water partition coefficient (Wildman–Crippen LogP) is 4.05. The molecule has 1 aliphatic rings. The third kappa shape index (κ3) is 2.59. The van der Waals surface area contributed by atoms with E-state index in [2.05, 4.69) is 27.5 Å². The average Bonchev–Trinajstić information content (AvgIpc) is 2.64. The molecule has 1 aliphatic heterocycles. The fraction of sp³-hybridized carbons (Fsp3) is 0.182. The Labute approximate surface area is 112 Å². The van der Waals surface area contributed by atoms with E-state index < -0.39 is 0 Å². The van der Waals surface area contributed by atoms with Gasteiger partial charge in [-0.1, -0.05) is 45.7 Å². The van der Waals surface area contributed by atoms with Gasteiger partial charge in [-0.2, -0.15) is 0 Å². The predicted molar refractivity (Wildman–Crippen MR) is 70.8 cm³/mol. The monoisotopic (exact) mass is 319 g/mol. The van der Waals surface area contributed by atoms with Gasteiger partial charge in [-0.25, -0.2) is 4.99 Å². The topological polar surface area (TPSA) is 21.6 Å².